The maximum Gasteiger partial charge on any atom is 0.222 e. The highest BCUT2D eigenvalue weighted by molar-refractivity contribution is 6.30. The fourth-order valence-electron chi connectivity index (χ4n) is 1.38. The van der Waals surface area contributed by atoms with Crippen LogP contribution in [0.4, 0.5) is 5.95 Å². The van der Waals surface area contributed by atoms with Gasteiger partial charge in [0.2, 0.25) is 5.95 Å². The highest BCUT2D eigenvalue weighted by atomic mass is 35.5. The number of unbranched alkanes of at least 4 members (excludes halogenated alkanes) is 2. The van der Waals surface area contributed by atoms with Crippen LogP contribution >= 0.6 is 11.6 Å². The van der Waals surface area contributed by atoms with E-state index in [-0.39, 0.29) is 0 Å². The Balaban J connectivity index is 2.31. The van der Waals surface area contributed by atoms with E-state index in [2.05, 4.69) is 29.1 Å². The lowest BCUT2D eigenvalue weighted by atomic mass is 10.1. The molecule has 1 unspecified atom stereocenters. The molecule has 0 aromatic carbocycles. The summed E-state index contributed by atoms with van der Waals surface area (Å²) >= 11 is 5.70. The minimum Gasteiger partial charge on any atom is -0.352 e. The Bertz CT molecular complexity index is 274. The lowest BCUT2D eigenvalue weighted by Gasteiger charge is -2.12. The first-order valence-corrected chi connectivity index (χ1v) is 5.84. The SMILES string of the molecule is CCCCCC(C)Nc1ncc(Cl)cn1. The molecule has 0 bridgehead atoms. The number of nitrogens with one attached hydrogen (secondary N) is 1. The van der Waals surface area contributed by atoms with Gasteiger partial charge in [0.15, 0.2) is 0 Å². The van der Waals surface area contributed by atoms with Crippen molar-refractivity contribution in [3.05, 3.63) is 17.4 Å². The first-order chi connectivity index (χ1) is 7.22. The lowest BCUT2D eigenvalue weighted by molar-refractivity contribution is 0.612. The summed E-state index contributed by atoms with van der Waals surface area (Å²) in [5.41, 5.74) is 0. The van der Waals surface area contributed by atoms with Crippen LogP contribution in [-0.4, -0.2) is 16.0 Å². The van der Waals surface area contributed by atoms with Crippen molar-refractivity contribution in [1.29, 1.82) is 0 Å². The van der Waals surface area contributed by atoms with Crippen molar-refractivity contribution < 1.29 is 0 Å². The molecule has 1 aromatic rings. The molecule has 1 atom stereocenters. The van der Waals surface area contributed by atoms with Gasteiger partial charge in [0.1, 0.15) is 0 Å². The van der Waals surface area contributed by atoms with Crippen molar-refractivity contribution >= 4 is 17.5 Å². The Morgan fingerprint density at radius 3 is 2.60 bits per heavy atom. The van der Waals surface area contributed by atoms with Gasteiger partial charge in [-0.3, -0.25) is 0 Å². The molecule has 0 amide bonds. The quantitative estimate of drug-likeness (QED) is 0.756. The fourth-order valence-corrected chi connectivity index (χ4v) is 1.48. The summed E-state index contributed by atoms with van der Waals surface area (Å²) in [6.07, 6.45) is 8.15. The van der Waals surface area contributed by atoms with E-state index in [1.807, 2.05) is 0 Å². The third-order valence-electron chi connectivity index (χ3n) is 2.24. The van der Waals surface area contributed by atoms with Crippen LogP contribution in [0.15, 0.2) is 12.4 Å². The molecule has 0 aliphatic carbocycles. The number of rotatable bonds is 6. The van der Waals surface area contributed by atoms with Crippen LogP contribution in [0.2, 0.25) is 5.02 Å². The number of hydrogen-bond donors (Lipinski definition) is 1. The van der Waals surface area contributed by atoms with Crippen molar-refractivity contribution in [2.24, 2.45) is 0 Å². The van der Waals surface area contributed by atoms with Crippen LogP contribution in [0.3, 0.4) is 0 Å². The van der Waals surface area contributed by atoms with Crippen LogP contribution in [-0.2, 0) is 0 Å². The lowest BCUT2D eigenvalue weighted by Crippen LogP contribution is -2.16. The van der Waals surface area contributed by atoms with Crippen LogP contribution in [0.25, 0.3) is 0 Å². The monoisotopic (exact) mass is 227 g/mol. The molecule has 1 N–H and O–H groups in total. The molecule has 0 aliphatic rings. The van der Waals surface area contributed by atoms with Gasteiger partial charge >= 0.3 is 0 Å². The third-order valence-corrected chi connectivity index (χ3v) is 2.43. The molecule has 4 heteroatoms. The van der Waals surface area contributed by atoms with Gasteiger partial charge in [0.25, 0.3) is 0 Å². The molecular formula is C11H18ClN3. The summed E-state index contributed by atoms with van der Waals surface area (Å²) in [7, 11) is 0. The molecule has 1 aromatic heterocycles. The first-order valence-electron chi connectivity index (χ1n) is 5.46. The van der Waals surface area contributed by atoms with Crippen molar-refractivity contribution in [2.75, 3.05) is 5.32 Å². The molecule has 0 saturated carbocycles. The van der Waals surface area contributed by atoms with Crippen LogP contribution in [0.1, 0.15) is 39.5 Å². The van der Waals surface area contributed by atoms with E-state index in [1.165, 1.54) is 19.3 Å². The van der Waals surface area contributed by atoms with Gasteiger partial charge in [0, 0.05) is 6.04 Å². The van der Waals surface area contributed by atoms with Gasteiger partial charge < -0.3 is 5.32 Å². The molecule has 0 fully saturated rings. The Kier molecular flexibility index (Phi) is 5.40. The average molecular weight is 228 g/mol. The second-order valence-electron chi connectivity index (χ2n) is 3.77. The standard InChI is InChI=1S/C11H18ClN3/c1-3-4-5-6-9(2)15-11-13-7-10(12)8-14-11/h7-9H,3-6H2,1-2H3,(H,13,14,15). The Morgan fingerprint density at radius 2 is 2.00 bits per heavy atom. The largest absolute Gasteiger partial charge is 0.352 e. The van der Waals surface area contributed by atoms with Gasteiger partial charge in [-0.25, -0.2) is 9.97 Å². The highest BCUT2D eigenvalue weighted by Crippen LogP contribution is 2.09. The van der Waals surface area contributed by atoms with E-state index in [0.29, 0.717) is 17.0 Å². The smallest absolute Gasteiger partial charge is 0.222 e. The topological polar surface area (TPSA) is 37.8 Å². The molecule has 1 heterocycles. The normalized spacial score (nSPS) is 12.5. The summed E-state index contributed by atoms with van der Waals surface area (Å²) in [6, 6.07) is 0.415. The molecule has 0 spiro atoms. The van der Waals surface area contributed by atoms with E-state index in [0.717, 1.165) is 6.42 Å². The van der Waals surface area contributed by atoms with E-state index in [9.17, 15) is 0 Å². The minimum atomic E-state index is 0.415. The molecular weight excluding hydrogens is 210 g/mol. The molecule has 1 rings (SSSR count). The van der Waals surface area contributed by atoms with Crippen LogP contribution < -0.4 is 5.32 Å². The molecule has 15 heavy (non-hydrogen) atoms. The number of hydrogen-bond acceptors (Lipinski definition) is 3. The predicted molar refractivity (Wildman–Crippen MR) is 64.3 cm³/mol. The summed E-state index contributed by atoms with van der Waals surface area (Å²) in [6.45, 7) is 4.36. The number of halogens is 1. The van der Waals surface area contributed by atoms with E-state index in [1.54, 1.807) is 12.4 Å². The highest BCUT2D eigenvalue weighted by Gasteiger charge is 2.03. The minimum absolute atomic E-state index is 0.415. The summed E-state index contributed by atoms with van der Waals surface area (Å²) in [5, 5.41) is 3.82. The Morgan fingerprint density at radius 1 is 1.33 bits per heavy atom. The van der Waals surface area contributed by atoms with Crippen LogP contribution in [0.5, 0.6) is 0 Å². The molecule has 0 radical (unpaired) electrons. The number of aromatic nitrogens is 2. The van der Waals surface area contributed by atoms with Gasteiger partial charge in [-0.15, -0.1) is 0 Å². The second kappa shape index (κ2) is 6.62. The zero-order chi connectivity index (χ0) is 11.1. The van der Waals surface area contributed by atoms with Gasteiger partial charge in [0.05, 0.1) is 17.4 Å². The first kappa shape index (κ1) is 12.2. The summed E-state index contributed by atoms with van der Waals surface area (Å²) in [4.78, 5) is 8.18. The summed E-state index contributed by atoms with van der Waals surface area (Å²) in [5.74, 6) is 0.656. The van der Waals surface area contributed by atoms with Gasteiger partial charge in [-0.05, 0) is 13.3 Å². The number of anilines is 1. The maximum atomic E-state index is 5.70. The summed E-state index contributed by atoms with van der Waals surface area (Å²) < 4.78 is 0. The molecule has 0 saturated heterocycles. The maximum absolute atomic E-state index is 5.70. The van der Waals surface area contributed by atoms with Gasteiger partial charge in [-0.1, -0.05) is 37.8 Å². The molecule has 3 nitrogen and oxygen atoms in total. The van der Waals surface area contributed by atoms with Crippen molar-refractivity contribution in [2.45, 2.75) is 45.6 Å². The average Bonchev–Trinajstić information content (AvgIpc) is 2.22. The Labute approximate surface area is 96.3 Å². The molecule has 0 aliphatic heterocycles. The second-order valence-corrected chi connectivity index (χ2v) is 4.20. The molecule has 84 valence electrons. The predicted octanol–water partition coefficient (Wildman–Crippen LogP) is 3.51. The Hall–Kier alpha value is -0.830. The third kappa shape index (κ3) is 4.98. The zero-order valence-electron chi connectivity index (χ0n) is 9.33. The van der Waals surface area contributed by atoms with E-state index >= 15 is 0 Å². The van der Waals surface area contributed by atoms with E-state index in [4.69, 9.17) is 11.6 Å². The van der Waals surface area contributed by atoms with Crippen molar-refractivity contribution in [1.82, 2.24) is 9.97 Å². The van der Waals surface area contributed by atoms with Crippen LogP contribution in [0, 0.1) is 0 Å². The zero-order valence-corrected chi connectivity index (χ0v) is 10.1. The fraction of sp³-hybridized carbons (Fsp3) is 0.636. The van der Waals surface area contributed by atoms with E-state index < -0.39 is 0 Å². The van der Waals surface area contributed by atoms with Gasteiger partial charge in [-0.2, -0.15) is 0 Å². The van der Waals surface area contributed by atoms with Crippen molar-refractivity contribution in [3.63, 3.8) is 0 Å². The number of nitrogens with zero attached hydrogens (tertiary/aromatic N) is 2. The van der Waals surface area contributed by atoms with Crippen molar-refractivity contribution in [3.8, 4) is 0 Å².